The first-order chi connectivity index (χ1) is 16.1. The normalized spacial score (nSPS) is 23.4. The van der Waals surface area contributed by atoms with E-state index in [9.17, 15) is 23.1 Å². The molecule has 0 radical (unpaired) electrons. The molecule has 0 spiro atoms. The molecule has 6 nitrogen and oxygen atoms in total. The predicted molar refractivity (Wildman–Crippen MR) is 126 cm³/mol. The van der Waals surface area contributed by atoms with Crippen LogP contribution in [-0.4, -0.2) is 73.4 Å². The van der Waals surface area contributed by atoms with Gasteiger partial charge in [0.2, 0.25) is 0 Å². The summed E-state index contributed by atoms with van der Waals surface area (Å²) in [6.45, 7) is 2.37. The van der Waals surface area contributed by atoms with Crippen LogP contribution in [0.4, 0.5) is 29.3 Å². The van der Waals surface area contributed by atoms with Gasteiger partial charge in [0.25, 0.3) is 0 Å². The monoisotopic (exact) mass is 476 g/mol. The van der Waals surface area contributed by atoms with E-state index in [0.29, 0.717) is 30.3 Å². The number of aliphatic hydroxyl groups is 1. The van der Waals surface area contributed by atoms with Gasteiger partial charge in [-0.1, -0.05) is 18.2 Å². The lowest BCUT2D eigenvalue weighted by Crippen LogP contribution is -2.47. The average molecular weight is 477 g/mol. The van der Waals surface area contributed by atoms with Crippen molar-refractivity contribution in [1.82, 2.24) is 9.80 Å². The van der Waals surface area contributed by atoms with Gasteiger partial charge >= 0.3 is 12.2 Å². The zero-order chi connectivity index (χ0) is 24.5. The minimum absolute atomic E-state index is 0.0601. The van der Waals surface area contributed by atoms with Crippen molar-refractivity contribution in [2.75, 3.05) is 50.5 Å². The van der Waals surface area contributed by atoms with E-state index in [1.165, 1.54) is 11.0 Å². The van der Waals surface area contributed by atoms with Crippen LogP contribution in [-0.2, 0) is 6.18 Å². The van der Waals surface area contributed by atoms with Crippen molar-refractivity contribution in [2.45, 2.75) is 37.1 Å². The number of β-amino-alcohol motifs (C(OH)–C–C–N with tert-alkyl or cyclic N) is 1. The molecule has 0 aromatic heterocycles. The van der Waals surface area contributed by atoms with E-state index < -0.39 is 23.8 Å². The van der Waals surface area contributed by atoms with E-state index in [1.54, 1.807) is 6.07 Å². The van der Waals surface area contributed by atoms with Crippen molar-refractivity contribution in [3.8, 4) is 0 Å². The molecule has 3 unspecified atom stereocenters. The summed E-state index contributed by atoms with van der Waals surface area (Å²) in [5.74, 6) is -0.447. The minimum atomic E-state index is -4.43. The molecule has 184 valence electrons. The van der Waals surface area contributed by atoms with Crippen LogP contribution in [0.5, 0.6) is 0 Å². The average Bonchev–Trinajstić information content (AvgIpc) is 3.30. The fourth-order valence-corrected chi connectivity index (χ4v) is 4.81. The number of alkyl halides is 3. The summed E-state index contributed by atoms with van der Waals surface area (Å²) in [7, 11) is 4.18. The van der Waals surface area contributed by atoms with Crippen molar-refractivity contribution < 1.29 is 23.1 Å². The van der Waals surface area contributed by atoms with Gasteiger partial charge in [-0.3, -0.25) is 0 Å². The number of benzene rings is 2. The number of likely N-dealkylation sites (N-methyl/N-ethyl adjacent to an activating group) is 1. The number of urea groups is 1. The lowest BCUT2D eigenvalue weighted by Gasteiger charge is -2.36. The van der Waals surface area contributed by atoms with Crippen molar-refractivity contribution in [3.05, 3.63) is 59.7 Å². The van der Waals surface area contributed by atoms with Gasteiger partial charge in [-0.25, -0.2) is 4.79 Å². The molecule has 2 N–H and O–H groups in total. The third kappa shape index (κ3) is 5.47. The lowest BCUT2D eigenvalue weighted by atomic mass is 9.86. The Morgan fingerprint density at radius 1 is 1.06 bits per heavy atom. The number of hydrogen-bond acceptors (Lipinski definition) is 4. The quantitative estimate of drug-likeness (QED) is 0.694. The van der Waals surface area contributed by atoms with Gasteiger partial charge in [-0.2, -0.15) is 13.2 Å². The highest BCUT2D eigenvalue weighted by molar-refractivity contribution is 5.89. The molecule has 0 saturated carbocycles. The zero-order valence-corrected chi connectivity index (χ0v) is 19.4. The molecular weight excluding hydrogens is 445 g/mol. The number of aliphatic hydroxyl groups excluding tert-OH is 1. The van der Waals surface area contributed by atoms with Gasteiger partial charge in [0, 0.05) is 49.5 Å². The van der Waals surface area contributed by atoms with E-state index in [-0.39, 0.29) is 12.6 Å². The van der Waals surface area contributed by atoms with Crippen LogP contribution < -0.4 is 10.2 Å². The topological polar surface area (TPSA) is 59.0 Å². The summed E-state index contributed by atoms with van der Waals surface area (Å²) in [4.78, 5) is 18.8. The Hall–Kier alpha value is -2.78. The first-order valence-electron chi connectivity index (χ1n) is 11.5. The molecule has 2 aliphatic rings. The number of amides is 2. The molecular formula is C25H31F3N4O2. The summed E-state index contributed by atoms with van der Waals surface area (Å²) in [5.41, 5.74) is 1.48. The third-order valence-electron chi connectivity index (χ3n) is 6.89. The molecule has 2 amide bonds. The van der Waals surface area contributed by atoms with Crippen molar-refractivity contribution >= 4 is 17.4 Å². The molecule has 2 fully saturated rings. The van der Waals surface area contributed by atoms with E-state index in [1.807, 2.05) is 24.3 Å². The second-order valence-electron chi connectivity index (χ2n) is 9.36. The number of anilines is 2. The Morgan fingerprint density at radius 2 is 1.79 bits per heavy atom. The molecule has 2 saturated heterocycles. The van der Waals surface area contributed by atoms with Crippen LogP contribution in [0.2, 0.25) is 0 Å². The highest BCUT2D eigenvalue weighted by atomic mass is 19.4. The van der Waals surface area contributed by atoms with Gasteiger partial charge in [-0.15, -0.1) is 0 Å². The van der Waals surface area contributed by atoms with E-state index in [2.05, 4.69) is 29.2 Å². The summed E-state index contributed by atoms with van der Waals surface area (Å²) >= 11 is 0. The molecule has 2 aromatic rings. The third-order valence-corrected chi connectivity index (χ3v) is 6.89. The van der Waals surface area contributed by atoms with Crippen LogP contribution in [0.25, 0.3) is 0 Å². The number of nitrogens with zero attached hydrogens (tertiary/aromatic N) is 3. The molecule has 2 aliphatic heterocycles. The highest BCUT2D eigenvalue weighted by Gasteiger charge is 2.34. The summed E-state index contributed by atoms with van der Waals surface area (Å²) in [6.07, 6.45) is -3.87. The molecule has 4 rings (SSSR count). The van der Waals surface area contributed by atoms with Gasteiger partial charge in [0.05, 0.1) is 11.7 Å². The Labute approximate surface area is 198 Å². The Morgan fingerprint density at radius 3 is 2.41 bits per heavy atom. The number of hydrogen-bond donors (Lipinski definition) is 2. The second kappa shape index (κ2) is 9.84. The fraction of sp³-hybridized carbons (Fsp3) is 0.480. The van der Waals surface area contributed by atoms with Crippen LogP contribution in [0.15, 0.2) is 48.5 Å². The lowest BCUT2D eigenvalue weighted by molar-refractivity contribution is -0.137. The second-order valence-corrected chi connectivity index (χ2v) is 9.36. The maximum absolute atomic E-state index is 13.0. The number of likely N-dealkylation sites (tertiary alicyclic amines) is 1. The van der Waals surface area contributed by atoms with Crippen LogP contribution in [0.3, 0.4) is 0 Å². The Bertz CT molecular complexity index is 996. The van der Waals surface area contributed by atoms with Crippen molar-refractivity contribution in [2.24, 2.45) is 0 Å². The van der Waals surface area contributed by atoms with Crippen molar-refractivity contribution in [3.63, 3.8) is 0 Å². The van der Waals surface area contributed by atoms with Crippen molar-refractivity contribution in [1.29, 1.82) is 0 Å². The SMILES string of the molecule is CN(C)C1CCN(c2ccc(NC(=O)N3CCC(c4cccc(C(F)(F)F)c4)C(O)C3)cc2)C1. The summed E-state index contributed by atoms with van der Waals surface area (Å²) in [6, 6.07) is 13.0. The standard InChI is InChI=1S/C25H31F3N4O2/c1-30(2)21-10-12-31(15-21)20-8-6-19(7-9-20)29-24(34)32-13-11-22(23(33)16-32)17-4-3-5-18(14-17)25(26,27)28/h3-9,14,21-23,33H,10-13,15-16H2,1-2H3,(H,29,34). The maximum atomic E-state index is 13.0. The van der Waals surface area contributed by atoms with Crippen LogP contribution >= 0.6 is 0 Å². The highest BCUT2D eigenvalue weighted by Crippen LogP contribution is 2.34. The molecule has 0 aliphatic carbocycles. The van der Waals surface area contributed by atoms with E-state index in [0.717, 1.165) is 37.3 Å². The first kappa shape index (κ1) is 24.3. The van der Waals surface area contributed by atoms with Gasteiger partial charge in [-0.05, 0) is 62.8 Å². The molecule has 2 aromatic carbocycles. The largest absolute Gasteiger partial charge is 0.416 e. The van der Waals surface area contributed by atoms with Gasteiger partial charge < -0.3 is 25.1 Å². The van der Waals surface area contributed by atoms with Gasteiger partial charge in [0.15, 0.2) is 0 Å². The van der Waals surface area contributed by atoms with E-state index in [4.69, 9.17) is 0 Å². The zero-order valence-electron chi connectivity index (χ0n) is 19.4. The molecule has 3 atom stereocenters. The number of rotatable bonds is 4. The maximum Gasteiger partial charge on any atom is 0.416 e. The van der Waals surface area contributed by atoms with Crippen LogP contribution in [0.1, 0.15) is 29.9 Å². The van der Waals surface area contributed by atoms with Gasteiger partial charge in [0.1, 0.15) is 0 Å². The number of halogens is 3. The molecule has 2 heterocycles. The Kier molecular flexibility index (Phi) is 7.04. The fourth-order valence-electron chi connectivity index (χ4n) is 4.81. The number of carbonyl (C=O) groups excluding carboxylic acids is 1. The number of nitrogens with one attached hydrogen (secondary N) is 1. The number of carbonyl (C=O) groups is 1. The van der Waals surface area contributed by atoms with Crippen LogP contribution in [0, 0.1) is 0 Å². The first-order valence-corrected chi connectivity index (χ1v) is 11.5. The Balaban J connectivity index is 1.33. The molecule has 34 heavy (non-hydrogen) atoms. The molecule has 0 bridgehead atoms. The minimum Gasteiger partial charge on any atom is -0.391 e. The summed E-state index contributed by atoms with van der Waals surface area (Å²) in [5, 5.41) is 13.5. The number of piperidine rings is 1. The van der Waals surface area contributed by atoms with E-state index >= 15 is 0 Å². The molecule has 9 heteroatoms. The predicted octanol–water partition coefficient (Wildman–Crippen LogP) is 4.23. The summed E-state index contributed by atoms with van der Waals surface area (Å²) < 4.78 is 39.1. The smallest absolute Gasteiger partial charge is 0.391 e.